The molecule has 31 heavy (non-hydrogen) atoms. The molecule has 0 bridgehead atoms. The number of aromatic nitrogens is 2. The van der Waals surface area contributed by atoms with Crippen LogP contribution in [0, 0.1) is 20.8 Å². The summed E-state index contributed by atoms with van der Waals surface area (Å²) in [7, 11) is 1.74. The standard InChI is InChI=1S/C23H23Br2ClN4O/c1-13-6-8-17(24)11-19(13)22-16(4)28(20-12-18(26)9-7-14(20)2)30(23(22)31-5)29-15(3)10-21(25)27-29/h6-12,23H,1-5H3/p+1. The Balaban J connectivity index is 2.01. The first kappa shape index (κ1) is 22.6. The Kier molecular flexibility index (Phi) is 6.34. The van der Waals surface area contributed by atoms with E-state index in [4.69, 9.17) is 21.4 Å². The first-order chi connectivity index (χ1) is 14.7. The lowest BCUT2D eigenvalue weighted by atomic mass is 9.98. The summed E-state index contributed by atoms with van der Waals surface area (Å²) < 4.78 is 7.94. The van der Waals surface area contributed by atoms with Crippen LogP contribution in [0.15, 0.2) is 57.2 Å². The molecule has 0 fully saturated rings. The molecule has 0 amide bonds. The monoisotopic (exact) mass is 565 g/mol. The normalized spacial score (nSPS) is 18.9. The highest BCUT2D eigenvalue weighted by Crippen LogP contribution is 2.35. The van der Waals surface area contributed by atoms with Crippen molar-refractivity contribution in [3.8, 4) is 0 Å². The van der Waals surface area contributed by atoms with Gasteiger partial charge in [0.25, 0.3) is 6.23 Å². The number of allylic oxidation sites excluding steroid dienone is 1. The van der Waals surface area contributed by atoms with Crippen LogP contribution in [0.25, 0.3) is 5.57 Å². The van der Waals surface area contributed by atoms with Gasteiger partial charge in [0, 0.05) is 16.6 Å². The zero-order valence-corrected chi connectivity index (χ0v) is 21.9. The summed E-state index contributed by atoms with van der Waals surface area (Å²) in [6.07, 6.45) is -0.308. The van der Waals surface area contributed by atoms with Crippen molar-refractivity contribution < 1.29 is 9.85 Å². The van der Waals surface area contributed by atoms with E-state index >= 15 is 0 Å². The van der Waals surface area contributed by atoms with Gasteiger partial charge in [-0.25, -0.2) is 0 Å². The molecule has 1 aliphatic rings. The largest absolute Gasteiger partial charge is 0.325 e. The molecule has 2 unspecified atom stereocenters. The maximum atomic E-state index is 6.42. The molecular weight excluding hydrogens is 544 g/mol. The van der Waals surface area contributed by atoms with Gasteiger partial charge in [0.05, 0.1) is 17.0 Å². The van der Waals surface area contributed by atoms with Crippen molar-refractivity contribution in [1.82, 2.24) is 9.89 Å². The molecule has 2 aromatic carbocycles. The second-order valence-electron chi connectivity index (χ2n) is 7.72. The second kappa shape index (κ2) is 8.71. The van der Waals surface area contributed by atoms with Crippen molar-refractivity contribution in [3.05, 3.63) is 84.6 Å². The number of methoxy groups -OCH3 is 1. The van der Waals surface area contributed by atoms with Crippen molar-refractivity contribution >= 4 is 54.7 Å². The van der Waals surface area contributed by atoms with Gasteiger partial charge in [-0.3, -0.25) is 0 Å². The fourth-order valence-electron chi connectivity index (χ4n) is 4.17. The number of benzene rings is 2. The summed E-state index contributed by atoms with van der Waals surface area (Å²) in [5.74, 6) is 0. The molecule has 2 atom stereocenters. The van der Waals surface area contributed by atoms with Gasteiger partial charge < -0.3 is 4.74 Å². The van der Waals surface area contributed by atoms with Crippen LogP contribution in [0.4, 0.5) is 5.69 Å². The average molecular weight is 568 g/mol. The Bertz CT molecular complexity index is 1190. The minimum atomic E-state index is -0.308. The van der Waals surface area contributed by atoms with Crippen molar-refractivity contribution in [1.29, 1.82) is 0 Å². The molecule has 0 aliphatic carbocycles. The number of rotatable bonds is 4. The molecule has 5 nitrogen and oxygen atoms in total. The molecule has 4 rings (SSSR count). The van der Waals surface area contributed by atoms with Crippen LogP contribution < -0.4 is 10.1 Å². The maximum absolute atomic E-state index is 6.42. The van der Waals surface area contributed by atoms with Crippen LogP contribution in [0.1, 0.15) is 29.3 Å². The Labute approximate surface area is 204 Å². The summed E-state index contributed by atoms with van der Waals surface area (Å²) >= 11 is 13.6. The fraction of sp³-hybridized carbons (Fsp3) is 0.261. The van der Waals surface area contributed by atoms with Crippen LogP contribution in [0.2, 0.25) is 5.02 Å². The molecule has 1 aromatic heterocycles. The zero-order chi connectivity index (χ0) is 22.4. The van der Waals surface area contributed by atoms with Gasteiger partial charge in [0.2, 0.25) is 0 Å². The topological polar surface area (TPSA) is 34.7 Å². The van der Waals surface area contributed by atoms with E-state index in [2.05, 4.69) is 75.8 Å². The first-order valence-electron chi connectivity index (χ1n) is 9.88. The van der Waals surface area contributed by atoms with E-state index in [0.29, 0.717) is 5.02 Å². The minimum absolute atomic E-state index is 0.308. The molecule has 0 spiro atoms. The molecule has 2 heterocycles. The molecule has 3 aromatic rings. The summed E-state index contributed by atoms with van der Waals surface area (Å²) in [6, 6.07) is 14.3. The van der Waals surface area contributed by atoms with E-state index < -0.39 is 0 Å². The minimum Gasteiger partial charge on any atom is -0.325 e. The molecule has 8 heteroatoms. The molecule has 0 radical (unpaired) electrons. The van der Waals surface area contributed by atoms with Gasteiger partial charge in [-0.05, 0) is 90.6 Å². The number of hydrogen-bond acceptors (Lipinski definition) is 3. The fourth-order valence-corrected chi connectivity index (χ4v) is 5.19. The van der Waals surface area contributed by atoms with E-state index in [1.54, 1.807) is 7.11 Å². The average Bonchev–Trinajstić information content (AvgIpc) is 3.20. The van der Waals surface area contributed by atoms with Crippen LogP contribution in [-0.4, -0.2) is 23.2 Å². The Morgan fingerprint density at radius 1 is 1.00 bits per heavy atom. The SMILES string of the molecule is COC1C(c2cc(Br)ccc2C)=C(C)N(c2cc(Cl)ccc2C)[NH+]1n1nc(Br)cc1C. The van der Waals surface area contributed by atoms with E-state index in [1.165, 1.54) is 5.56 Å². The van der Waals surface area contributed by atoms with E-state index in [9.17, 15) is 0 Å². The summed E-state index contributed by atoms with van der Waals surface area (Å²) in [4.78, 5) is 1.95. The Morgan fingerprint density at radius 2 is 1.71 bits per heavy atom. The molecule has 0 saturated heterocycles. The van der Waals surface area contributed by atoms with Gasteiger partial charge in [-0.1, -0.05) is 49.6 Å². The Hall–Kier alpha value is -1.64. The number of hydrogen-bond donors (Lipinski definition) is 1. The first-order valence-corrected chi connectivity index (χ1v) is 11.8. The van der Waals surface area contributed by atoms with E-state index in [-0.39, 0.29) is 6.23 Å². The lowest BCUT2D eigenvalue weighted by Gasteiger charge is -2.30. The number of quaternary nitrogens is 1. The quantitative estimate of drug-likeness (QED) is 0.454. The summed E-state index contributed by atoms with van der Waals surface area (Å²) in [6.45, 7) is 8.38. The van der Waals surface area contributed by atoms with Gasteiger partial charge in [-0.15, -0.1) is 5.10 Å². The van der Waals surface area contributed by atoms with Crippen LogP contribution >= 0.6 is 43.5 Å². The highest BCUT2D eigenvalue weighted by Gasteiger charge is 2.46. The lowest BCUT2D eigenvalue weighted by molar-refractivity contribution is -0.985. The van der Waals surface area contributed by atoms with E-state index in [0.717, 1.165) is 48.0 Å². The van der Waals surface area contributed by atoms with Gasteiger partial charge >= 0.3 is 0 Å². The number of aryl methyl sites for hydroxylation is 3. The third kappa shape index (κ3) is 3.98. The van der Waals surface area contributed by atoms with E-state index in [1.807, 2.05) is 36.0 Å². The number of halogens is 3. The van der Waals surface area contributed by atoms with Gasteiger partial charge in [0.1, 0.15) is 10.3 Å². The number of anilines is 1. The maximum Gasteiger partial charge on any atom is 0.268 e. The summed E-state index contributed by atoms with van der Waals surface area (Å²) in [5.41, 5.74) is 7.65. The highest BCUT2D eigenvalue weighted by atomic mass is 79.9. The third-order valence-electron chi connectivity index (χ3n) is 5.66. The molecule has 1 aliphatic heterocycles. The number of nitrogens with zero attached hydrogens (tertiary/aromatic N) is 3. The van der Waals surface area contributed by atoms with Crippen LogP contribution in [0.5, 0.6) is 0 Å². The van der Waals surface area contributed by atoms with Crippen molar-refractivity contribution in [3.63, 3.8) is 0 Å². The van der Waals surface area contributed by atoms with Crippen molar-refractivity contribution in [2.45, 2.75) is 33.9 Å². The van der Waals surface area contributed by atoms with Gasteiger partial charge in [-0.2, -0.15) is 5.01 Å². The van der Waals surface area contributed by atoms with Crippen molar-refractivity contribution in [2.75, 3.05) is 12.1 Å². The van der Waals surface area contributed by atoms with Gasteiger partial charge in [0.15, 0.2) is 0 Å². The van der Waals surface area contributed by atoms with Crippen molar-refractivity contribution in [2.24, 2.45) is 0 Å². The van der Waals surface area contributed by atoms with Crippen LogP contribution in [-0.2, 0) is 4.74 Å². The zero-order valence-electron chi connectivity index (χ0n) is 18.0. The highest BCUT2D eigenvalue weighted by molar-refractivity contribution is 9.10. The molecule has 162 valence electrons. The van der Waals surface area contributed by atoms with Crippen LogP contribution in [0.3, 0.4) is 0 Å². The smallest absolute Gasteiger partial charge is 0.268 e. The Morgan fingerprint density at radius 3 is 2.35 bits per heavy atom. The molecule has 1 N–H and O–H groups in total. The third-order valence-corrected chi connectivity index (χ3v) is 6.78. The lowest BCUT2D eigenvalue weighted by Crippen LogP contribution is -3.23. The predicted octanol–water partition coefficient (Wildman–Crippen LogP) is 5.47. The molecule has 0 saturated carbocycles. The molecular formula is C23H24Br2ClN4O+. The number of nitrogens with one attached hydrogen (secondary N) is 1. The summed E-state index contributed by atoms with van der Waals surface area (Å²) in [5, 5.41) is 8.55. The second-order valence-corrected chi connectivity index (χ2v) is 9.88. The predicted molar refractivity (Wildman–Crippen MR) is 132 cm³/mol. The number of ether oxygens (including phenoxy) is 1.